The molecule has 0 saturated carbocycles. The topological polar surface area (TPSA) is 228 Å². The number of carbonyl (C=O) groups is 8. The van der Waals surface area contributed by atoms with Crippen LogP contribution in [0.3, 0.4) is 0 Å². The van der Waals surface area contributed by atoms with Gasteiger partial charge in [-0.3, -0.25) is 38.6 Å². The van der Waals surface area contributed by atoms with E-state index in [2.05, 4.69) is 0 Å². The molecule has 2 saturated heterocycles. The first kappa shape index (κ1) is 42.6. The molecule has 6 rings (SSSR count). The predicted octanol–water partition coefficient (Wildman–Crippen LogP) is 5.06. The highest BCUT2D eigenvalue weighted by molar-refractivity contribution is 6.24. The van der Waals surface area contributed by atoms with Crippen molar-refractivity contribution in [3.63, 3.8) is 0 Å². The Hall–Kier alpha value is -7.98. The summed E-state index contributed by atoms with van der Waals surface area (Å²) in [7, 11) is 0. The Morgan fingerprint density at radius 3 is 1.20 bits per heavy atom. The minimum Gasteiger partial charge on any atom is -0.494 e. The van der Waals surface area contributed by atoms with Crippen molar-refractivity contribution in [3.8, 4) is 23.6 Å². The number of imide groups is 2. The zero-order valence-corrected chi connectivity index (χ0v) is 32.8. The third-order valence-electron chi connectivity index (χ3n) is 10.1. The van der Waals surface area contributed by atoms with E-state index in [4.69, 9.17) is 18.9 Å². The van der Waals surface area contributed by atoms with Gasteiger partial charge in [0.05, 0.1) is 59.7 Å². The fourth-order valence-electron chi connectivity index (χ4n) is 6.99. The van der Waals surface area contributed by atoms with Gasteiger partial charge in [-0.25, -0.2) is 9.59 Å². The van der Waals surface area contributed by atoms with Gasteiger partial charge in [0, 0.05) is 24.0 Å². The normalized spacial score (nSPS) is 16.1. The quantitative estimate of drug-likeness (QED) is 0.0818. The number of esters is 2. The van der Waals surface area contributed by atoms with E-state index in [9.17, 15) is 48.9 Å². The third kappa shape index (κ3) is 8.74. The maximum atomic E-state index is 13.9. The first-order valence-electron chi connectivity index (χ1n) is 19.0. The molecule has 0 aliphatic carbocycles. The predicted molar refractivity (Wildman–Crippen MR) is 212 cm³/mol. The number of amides is 4. The van der Waals surface area contributed by atoms with Crippen LogP contribution in [0.2, 0.25) is 0 Å². The molecule has 4 amide bonds. The number of hydrogen-bond acceptors (Lipinski definition) is 14. The van der Waals surface area contributed by atoms with Crippen LogP contribution in [0.15, 0.2) is 97.1 Å². The second-order valence-electron chi connectivity index (χ2n) is 13.7. The van der Waals surface area contributed by atoms with Crippen molar-refractivity contribution in [1.29, 1.82) is 10.5 Å². The summed E-state index contributed by atoms with van der Waals surface area (Å²) in [6, 6.07) is 26.3. The van der Waals surface area contributed by atoms with Gasteiger partial charge in [0.2, 0.25) is 23.6 Å². The Morgan fingerprint density at radius 2 is 0.885 bits per heavy atom. The lowest BCUT2D eigenvalue weighted by atomic mass is 9.67. The molecule has 16 heteroatoms. The third-order valence-corrected chi connectivity index (χ3v) is 10.1. The fraction of sp³-hybridized carbons (Fsp3) is 0.244. The van der Waals surface area contributed by atoms with Gasteiger partial charge in [0.25, 0.3) is 0 Å². The van der Waals surface area contributed by atoms with Crippen molar-refractivity contribution >= 4 is 58.5 Å². The fourth-order valence-corrected chi connectivity index (χ4v) is 6.99. The lowest BCUT2D eigenvalue weighted by Gasteiger charge is -2.28. The molecule has 0 N–H and O–H groups in total. The highest BCUT2D eigenvalue weighted by atomic mass is 16.5. The van der Waals surface area contributed by atoms with E-state index in [1.54, 1.807) is 36.4 Å². The number of carbonyl (C=O) groups excluding carboxylic acids is 8. The standard InChI is InChI=1S/C45H36N4O12/c1-3-58-33-17-9-27(10-18-33)37(50)23-60-43(56)29-5-13-31(14-6-29)48-39(52)21-35(41(48)54)45(25-46,26-47)36-22-40(53)49(42(36)55)32-15-7-30(8-16-32)44(57)61-24-38(51)28-11-19-34(20-12-28)59-4-2/h5-20,35-36H,3-4,21-24H2,1-2H3. The van der Waals surface area contributed by atoms with Gasteiger partial charge in [0.1, 0.15) is 11.5 Å². The Balaban J connectivity index is 1.09. The van der Waals surface area contributed by atoms with Crippen molar-refractivity contribution in [2.24, 2.45) is 17.3 Å². The first-order valence-corrected chi connectivity index (χ1v) is 19.0. The number of Topliss-reactive ketones (excluding diaryl/α,β-unsaturated/α-hetero) is 2. The van der Waals surface area contributed by atoms with Crippen molar-refractivity contribution in [3.05, 3.63) is 119 Å². The highest BCUT2D eigenvalue weighted by Crippen LogP contribution is 2.47. The molecule has 2 aliphatic rings. The maximum absolute atomic E-state index is 13.9. The average Bonchev–Trinajstić information content (AvgIpc) is 3.75. The molecule has 0 aromatic heterocycles. The molecule has 16 nitrogen and oxygen atoms in total. The molecule has 2 fully saturated rings. The van der Waals surface area contributed by atoms with Crippen LogP contribution >= 0.6 is 0 Å². The molecule has 0 radical (unpaired) electrons. The number of ether oxygens (including phenoxy) is 4. The molecular formula is C45H36N4O12. The summed E-state index contributed by atoms with van der Waals surface area (Å²) < 4.78 is 21.0. The Labute approximate surface area is 348 Å². The van der Waals surface area contributed by atoms with Gasteiger partial charge >= 0.3 is 11.9 Å². The van der Waals surface area contributed by atoms with Crippen LogP contribution in [0.4, 0.5) is 11.4 Å². The van der Waals surface area contributed by atoms with E-state index in [0.717, 1.165) is 9.80 Å². The van der Waals surface area contributed by atoms with Crippen molar-refractivity contribution in [2.75, 3.05) is 36.2 Å². The molecular weight excluding hydrogens is 789 g/mol. The number of rotatable bonds is 16. The SMILES string of the molecule is CCOc1ccc(C(=O)COC(=O)c2ccc(N3C(=O)CC(C(C#N)(C#N)C4CC(=O)N(c5ccc(C(=O)OCC(=O)c6ccc(OCC)cc6)cc5)C4=O)C3=O)cc2)cc1. The molecule has 4 aromatic rings. The molecule has 0 spiro atoms. The largest absolute Gasteiger partial charge is 0.494 e. The van der Waals surface area contributed by atoms with Crippen LogP contribution in [0.5, 0.6) is 11.5 Å². The number of benzene rings is 4. The summed E-state index contributed by atoms with van der Waals surface area (Å²) in [5.41, 5.74) is -1.85. The van der Waals surface area contributed by atoms with Crippen LogP contribution in [0.1, 0.15) is 68.1 Å². The second-order valence-corrected chi connectivity index (χ2v) is 13.7. The van der Waals surface area contributed by atoms with Crippen LogP contribution < -0.4 is 19.3 Å². The van der Waals surface area contributed by atoms with Crippen molar-refractivity contribution in [1.82, 2.24) is 0 Å². The number of hydrogen-bond donors (Lipinski definition) is 0. The first-order chi connectivity index (χ1) is 29.3. The van der Waals surface area contributed by atoms with E-state index in [1.165, 1.54) is 72.8 Å². The summed E-state index contributed by atoms with van der Waals surface area (Å²) in [4.78, 5) is 106. The second kappa shape index (κ2) is 18.3. The van der Waals surface area contributed by atoms with Gasteiger partial charge in [-0.1, -0.05) is 0 Å². The molecule has 308 valence electrons. The minimum atomic E-state index is -2.44. The minimum absolute atomic E-state index is 0.00102. The molecule has 4 aromatic carbocycles. The molecule has 61 heavy (non-hydrogen) atoms. The molecule has 2 heterocycles. The zero-order chi connectivity index (χ0) is 43.8. The molecule has 2 atom stereocenters. The van der Waals surface area contributed by atoms with Gasteiger partial charge in [-0.2, -0.15) is 10.5 Å². The van der Waals surface area contributed by atoms with Crippen LogP contribution in [-0.4, -0.2) is 73.6 Å². The van der Waals surface area contributed by atoms with Crippen LogP contribution in [-0.2, 0) is 28.7 Å². The van der Waals surface area contributed by atoms with E-state index < -0.39 is 90.4 Å². The summed E-state index contributed by atoms with van der Waals surface area (Å²) in [6.45, 7) is 3.44. The van der Waals surface area contributed by atoms with Crippen molar-refractivity contribution in [2.45, 2.75) is 26.7 Å². The number of anilines is 2. The molecule has 0 bridgehead atoms. The smallest absolute Gasteiger partial charge is 0.338 e. The molecule has 2 aliphatic heterocycles. The van der Waals surface area contributed by atoms with Crippen molar-refractivity contribution < 1.29 is 57.3 Å². The Kier molecular flexibility index (Phi) is 12.8. The number of nitrogens with zero attached hydrogens (tertiary/aromatic N) is 4. The molecule has 2 unspecified atom stereocenters. The maximum Gasteiger partial charge on any atom is 0.338 e. The average molecular weight is 825 g/mol. The number of ketones is 2. The van der Waals surface area contributed by atoms with E-state index in [-0.39, 0.29) is 22.5 Å². The van der Waals surface area contributed by atoms with Crippen LogP contribution in [0, 0.1) is 39.9 Å². The monoisotopic (exact) mass is 824 g/mol. The van der Waals surface area contributed by atoms with Gasteiger partial charge in [-0.15, -0.1) is 0 Å². The van der Waals surface area contributed by atoms with E-state index in [1.807, 2.05) is 13.8 Å². The summed E-state index contributed by atoms with van der Waals surface area (Å²) in [5, 5.41) is 20.8. The van der Waals surface area contributed by atoms with E-state index in [0.29, 0.717) is 35.8 Å². The van der Waals surface area contributed by atoms with Gasteiger partial charge in [-0.05, 0) is 111 Å². The Morgan fingerprint density at radius 1 is 0.557 bits per heavy atom. The summed E-state index contributed by atoms with van der Waals surface area (Å²) >= 11 is 0. The number of nitriles is 2. The highest BCUT2D eigenvalue weighted by Gasteiger charge is 2.62. The zero-order valence-electron chi connectivity index (χ0n) is 32.8. The Bertz CT molecular complexity index is 2310. The lowest BCUT2D eigenvalue weighted by Crippen LogP contribution is -2.44. The van der Waals surface area contributed by atoms with Crippen LogP contribution in [0.25, 0.3) is 0 Å². The van der Waals surface area contributed by atoms with E-state index >= 15 is 0 Å². The lowest BCUT2D eigenvalue weighted by molar-refractivity contribution is -0.126. The summed E-state index contributed by atoms with van der Waals surface area (Å²) in [6.07, 6.45) is -1.26. The van der Waals surface area contributed by atoms with Gasteiger partial charge < -0.3 is 18.9 Å². The van der Waals surface area contributed by atoms with Gasteiger partial charge in [0.15, 0.2) is 30.2 Å². The summed E-state index contributed by atoms with van der Waals surface area (Å²) in [5.74, 6) is -8.28.